The molecule has 0 aromatic heterocycles. The highest BCUT2D eigenvalue weighted by molar-refractivity contribution is 7.89. The molecule has 13 heteroatoms. The fourth-order valence-electron chi connectivity index (χ4n) is 4.80. The molecule has 39 heavy (non-hydrogen) atoms. The standard InChI is InChI=1S/C26H24F3N3O6S/c1-16(33)31-14-19(30-39(35,36)18-12-10-17(11-13-18)38-26(27,28)29)25(34)22(15-31)32-20-6-2-4-8-23(20)37-24-9-5-3-7-21(24)32/h2-13,19,22,25,30,34H,14-15H2,1H3/t19?,22?,25-/m0/s1. The summed E-state index contributed by atoms with van der Waals surface area (Å²) in [4.78, 5) is 15.4. The number of alkyl halides is 3. The number of anilines is 2. The number of hydrogen-bond donors (Lipinski definition) is 2. The Morgan fingerprint density at radius 3 is 2.08 bits per heavy atom. The predicted molar refractivity (Wildman–Crippen MR) is 134 cm³/mol. The van der Waals surface area contributed by atoms with Crippen molar-refractivity contribution in [3.8, 4) is 17.2 Å². The lowest BCUT2D eigenvalue weighted by Crippen LogP contribution is -2.65. The van der Waals surface area contributed by atoms with Crippen molar-refractivity contribution in [2.75, 3.05) is 18.0 Å². The van der Waals surface area contributed by atoms with Gasteiger partial charge in [0.2, 0.25) is 15.9 Å². The minimum absolute atomic E-state index is 0.0981. The molecule has 1 fully saturated rings. The SMILES string of the molecule is CC(=O)N1CC(NS(=O)(=O)c2ccc(OC(F)(F)F)cc2)[C@H](O)C(N2c3ccccc3Oc3ccccc32)C1. The molecule has 0 saturated carbocycles. The third-order valence-electron chi connectivity index (χ3n) is 6.55. The Morgan fingerprint density at radius 2 is 1.54 bits per heavy atom. The number of likely N-dealkylation sites (tertiary alicyclic amines) is 1. The van der Waals surface area contributed by atoms with E-state index in [0.29, 0.717) is 22.9 Å². The normalized spacial score (nSPS) is 21.0. The van der Waals surface area contributed by atoms with Crippen LogP contribution in [0.4, 0.5) is 24.5 Å². The van der Waals surface area contributed by atoms with Gasteiger partial charge in [-0.15, -0.1) is 13.2 Å². The maximum atomic E-state index is 13.2. The number of benzene rings is 3. The van der Waals surface area contributed by atoms with Crippen molar-refractivity contribution in [3.63, 3.8) is 0 Å². The second kappa shape index (κ2) is 10.1. The third kappa shape index (κ3) is 5.51. The minimum atomic E-state index is -4.92. The highest BCUT2D eigenvalue weighted by Gasteiger charge is 2.44. The lowest BCUT2D eigenvalue weighted by atomic mass is 9.94. The molecular formula is C26H24F3N3O6S. The van der Waals surface area contributed by atoms with Crippen LogP contribution in [0.2, 0.25) is 0 Å². The highest BCUT2D eigenvalue weighted by atomic mass is 32.2. The number of rotatable bonds is 5. The smallest absolute Gasteiger partial charge is 0.453 e. The number of amides is 1. The number of aliphatic hydroxyl groups is 1. The molecule has 0 aliphatic carbocycles. The second-order valence-corrected chi connectivity index (χ2v) is 10.9. The van der Waals surface area contributed by atoms with Crippen LogP contribution in [0.3, 0.4) is 0 Å². The minimum Gasteiger partial charge on any atom is -0.453 e. The van der Waals surface area contributed by atoms with Crippen LogP contribution < -0.4 is 19.1 Å². The van der Waals surface area contributed by atoms with Gasteiger partial charge in [0.25, 0.3) is 0 Å². The quantitative estimate of drug-likeness (QED) is 0.487. The zero-order valence-corrected chi connectivity index (χ0v) is 21.3. The Kier molecular flexibility index (Phi) is 6.91. The summed E-state index contributed by atoms with van der Waals surface area (Å²) in [5.41, 5.74) is 1.26. The second-order valence-electron chi connectivity index (χ2n) is 9.14. The van der Waals surface area contributed by atoms with Gasteiger partial charge in [-0.05, 0) is 48.5 Å². The average molecular weight is 564 g/mol. The maximum absolute atomic E-state index is 13.2. The lowest BCUT2D eigenvalue weighted by Gasteiger charge is -2.47. The van der Waals surface area contributed by atoms with Gasteiger partial charge >= 0.3 is 6.36 Å². The number of hydrogen-bond acceptors (Lipinski definition) is 7. The zero-order valence-electron chi connectivity index (χ0n) is 20.5. The Labute approximate surface area is 222 Å². The van der Waals surface area contributed by atoms with Gasteiger partial charge in [0.05, 0.1) is 34.5 Å². The summed E-state index contributed by atoms with van der Waals surface area (Å²) in [5, 5.41) is 11.5. The van der Waals surface area contributed by atoms with Crippen LogP contribution in [0, 0.1) is 0 Å². The Hall–Kier alpha value is -3.81. The largest absolute Gasteiger partial charge is 0.573 e. The number of carbonyl (C=O) groups excluding carboxylic acids is 1. The van der Waals surface area contributed by atoms with Crippen LogP contribution >= 0.6 is 0 Å². The molecule has 3 aromatic rings. The molecule has 2 heterocycles. The van der Waals surface area contributed by atoms with Crippen LogP contribution in [0.1, 0.15) is 6.92 Å². The number of nitrogens with one attached hydrogen (secondary N) is 1. The number of para-hydroxylation sites is 4. The number of nitrogens with zero attached hydrogens (tertiary/aromatic N) is 2. The van der Waals surface area contributed by atoms with Crippen molar-refractivity contribution in [1.82, 2.24) is 9.62 Å². The first-order chi connectivity index (χ1) is 18.4. The van der Waals surface area contributed by atoms with Crippen molar-refractivity contribution in [1.29, 1.82) is 0 Å². The first-order valence-corrected chi connectivity index (χ1v) is 13.4. The monoisotopic (exact) mass is 563 g/mol. The van der Waals surface area contributed by atoms with Crippen molar-refractivity contribution in [3.05, 3.63) is 72.8 Å². The van der Waals surface area contributed by atoms with E-state index in [9.17, 15) is 31.5 Å². The van der Waals surface area contributed by atoms with E-state index in [2.05, 4.69) is 9.46 Å². The lowest BCUT2D eigenvalue weighted by molar-refractivity contribution is -0.274. The van der Waals surface area contributed by atoms with E-state index in [4.69, 9.17) is 4.74 Å². The molecule has 5 rings (SSSR count). The zero-order chi connectivity index (χ0) is 27.9. The molecule has 0 bridgehead atoms. The molecule has 1 amide bonds. The van der Waals surface area contributed by atoms with Crippen molar-refractivity contribution in [2.24, 2.45) is 0 Å². The van der Waals surface area contributed by atoms with Crippen LogP contribution in [-0.4, -0.2) is 62.0 Å². The van der Waals surface area contributed by atoms with E-state index in [1.165, 1.54) is 11.8 Å². The summed E-state index contributed by atoms with van der Waals surface area (Å²) >= 11 is 0. The van der Waals surface area contributed by atoms with E-state index in [-0.39, 0.29) is 23.9 Å². The number of aliphatic hydroxyl groups excluding tert-OH is 1. The number of ether oxygens (including phenoxy) is 2. The molecule has 9 nitrogen and oxygen atoms in total. The van der Waals surface area contributed by atoms with Gasteiger partial charge in [-0.1, -0.05) is 24.3 Å². The summed E-state index contributed by atoms with van der Waals surface area (Å²) in [6, 6.07) is 16.1. The van der Waals surface area contributed by atoms with Crippen molar-refractivity contribution in [2.45, 2.75) is 36.4 Å². The predicted octanol–water partition coefficient (Wildman–Crippen LogP) is 3.77. The summed E-state index contributed by atoms with van der Waals surface area (Å²) in [7, 11) is -4.31. The first kappa shape index (κ1) is 26.8. The number of sulfonamides is 1. The topological polar surface area (TPSA) is 108 Å². The number of carbonyl (C=O) groups is 1. The van der Waals surface area contributed by atoms with E-state index in [0.717, 1.165) is 24.3 Å². The Bertz CT molecular complexity index is 1440. The summed E-state index contributed by atoms with van der Waals surface area (Å²) in [5.74, 6) is 0.162. The van der Waals surface area contributed by atoms with Crippen molar-refractivity contribution < 1.29 is 41.0 Å². The summed E-state index contributed by atoms with van der Waals surface area (Å²) in [6.07, 6.45) is -6.21. The van der Waals surface area contributed by atoms with E-state index < -0.39 is 40.3 Å². The Balaban J connectivity index is 1.47. The molecule has 2 unspecified atom stereocenters. The molecule has 2 aliphatic rings. The van der Waals surface area contributed by atoms with Gasteiger partial charge < -0.3 is 24.4 Å². The summed E-state index contributed by atoms with van der Waals surface area (Å²) in [6.45, 7) is 1.33. The molecule has 1 saturated heterocycles. The van der Waals surface area contributed by atoms with Gasteiger partial charge in [-0.25, -0.2) is 13.1 Å². The van der Waals surface area contributed by atoms with Gasteiger partial charge in [-0.3, -0.25) is 4.79 Å². The number of piperidine rings is 1. The first-order valence-electron chi connectivity index (χ1n) is 11.9. The van der Waals surface area contributed by atoms with Gasteiger partial charge in [0.1, 0.15) is 5.75 Å². The van der Waals surface area contributed by atoms with Gasteiger partial charge in [0, 0.05) is 20.0 Å². The van der Waals surface area contributed by atoms with E-state index in [1.807, 2.05) is 4.90 Å². The fourth-order valence-corrected chi connectivity index (χ4v) is 6.04. The molecule has 2 N–H and O–H groups in total. The molecule has 206 valence electrons. The highest BCUT2D eigenvalue weighted by Crippen LogP contribution is 2.48. The van der Waals surface area contributed by atoms with E-state index >= 15 is 0 Å². The molecule has 3 atom stereocenters. The molecule has 0 spiro atoms. The number of fused-ring (bicyclic) bond motifs is 2. The van der Waals surface area contributed by atoms with Crippen LogP contribution in [0.25, 0.3) is 0 Å². The van der Waals surface area contributed by atoms with Crippen LogP contribution in [-0.2, 0) is 14.8 Å². The van der Waals surface area contributed by atoms with Gasteiger partial charge in [0.15, 0.2) is 11.5 Å². The maximum Gasteiger partial charge on any atom is 0.573 e. The van der Waals surface area contributed by atoms with Crippen molar-refractivity contribution >= 4 is 27.3 Å². The van der Waals surface area contributed by atoms with Crippen LogP contribution in [0.5, 0.6) is 17.2 Å². The molecule has 0 radical (unpaired) electrons. The fraction of sp³-hybridized carbons (Fsp3) is 0.269. The Morgan fingerprint density at radius 1 is 0.974 bits per heavy atom. The number of halogens is 3. The average Bonchev–Trinajstić information content (AvgIpc) is 2.88. The van der Waals surface area contributed by atoms with E-state index in [1.54, 1.807) is 48.5 Å². The summed E-state index contributed by atoms with van der Waals surface area (Å²) < 4.78 is 76.1. The van der Waals surface area contributed by atoms with Crippen LogP contribution in [0.15, 0.2) is 77.7 Å². The molecule has 2 aliphatic heterocycles. The molecular weight excluding hydrogens is 539 g/mol. The third-order valence-corrected chi connectivity index (χ3v) is 8.06. The molecule has 3 aromatic carbocycles. The van der Waals surface area contributed by atoms with Gasteiger partial charge in [-0.2, -0.15) is 0 Å².